The highest BCUT2D eigenvalue weighted by atomic mass is 19.4. The van der Waals surface area contributed by atoms with E-state index in [0.29, 0.717) is 13.0 Å². The van der Waals surface area contributed by atoms with E-state index in [9.17, 15) is 13.2 Å². The smallest absolute Gasteiger partial charge is 0.377 e. The van der Waals surface area contributed by atoms with Gasteiger partial charge in [-0.15, -0.1) is 0 Å². The van der Waals surface area contributed by atoms with E-state index in [0.717, 1.165) is 17.7 Å². The summed E-state index contributed by atoms with van der Waals surface area (Å²) in [5.74, 6) is 5.44. The van der Waals surface area contributed by atoms with Crippen LogP contribution in [0.5, 0.6) is 0 Å². The normalized spacial score (nSPS) is 15.3. The molecule has 3 nitrogen and oxygen atoms in total. The molecular weight excluding hydrogens is 257 g/mol. The van der Waals surface area contributed by atoms with Gasteiger partial charge in [0.1, 0.15) is 0 Å². The van der Waals surface area contributed by atoms with Gasteiger partial charge >= 0.3 is 6.18 Å². The van der Waals surface area contributed by atoms with Crippen LogP contribution in [0, 0.1) is 0 Å². The first-order valence-electron chi connectivity index (χ1n) is 6.12. The molecule has 0 radical (unpaired) electrons. The van der Waals surface area contributed by atoms with Gasteiger partial charge in [-0.1, -0.05) is 12.1 Å². The lowest BCUT2D eigenvalue weighted by Gasteiger charge is -2.23. The quantitative estimate of drug-likeness (QED) is 0.620. The van der Waals surface area contributed by atoms with Crippen molar-refractivity contribution in [3.05, 3.63) is 35.4 Å². The van der Waals surface area contributed by atoms with E-state index in [1.165, 1.54) is 12.1 Å². The molecule has 0 aromatic heterocycles. The molecule has 0 aliphatic heterocycles. The van der Waals surface area contributed by atoms with Crippen LogP contribution in [0.3, 0.4) is 0 Å². The van der Waals surface area contributed by atoms with Gasteiger partial charge in [-0.05, 0) is 38.0 Å². The third-order valence-electron chi connectivity index (χ3n) is 2.95. The van der Waals surface area contributed by atoms with Gasteiger partial charge in [0.15, 0.2) is 0 Å². The van der Waals surface area contributed by atoms with Gasteiger partial charge in [0.05, 0.1) is 17.7 Å². The Balaban J connectivity index is 2.71. The molecule has 3 N–H and O–H groups in total. The zero-order valence-electron chi connectivity index (χ0n) is 11.0. The number of alkyl halides is 3. The lowest BCUT2D eigenvalue weighted by molar-refractivity contribution is -0.137. The van der Waals surface area contributed by atoms with Gasteiger partial charge in [0, 0.05) is 6.61 Å². The van der Waals surface area contributed by atoms with Crippen molar-refractivity contribution in [2.45, 2.75) is 38.6 Å². The lowest BCUT2D eigenvalue weighted by atomic mass is 10.0. The van der Waals surface area contributed by atoms with E-state index in [4.69, 9.17) is 10.6 Å². The Kier molecular flexibility index (Phi) is 5.78. The van der Waals surface area contributed by atoms with Crippen molar-refractivity contribution in [1.82, 2.24) is 5.43 Å². The first-order valence-corrected chi connectivity index (χ1v) is 6.12. The predicted octanol–water partition coefficient (Wildman–Crippen LogP) is 2.50. The fraction of sp³-hybridized carbons (Fsp3) is 0.538. The lowest BCUT2D eigenvalue weighted by Crippen LogP contribution is -2.45. The van der Waals surface area contributed by atoms with Crippen molar-refractivity contribution in [2.24, 2.45) is 5.84 Å². The van der Waals surface area contributed by atoms with Crippen LogP contribution in [0.2, 0.25) is 0 Å². The summed E-state index contributed by atoms with van der Waals surface area (Å²) in [4.78, 5) is 0. The van der Waals surface area contributed by atoms with E-state index in [1.807, 2.05) is 13.8 Å². The molecule has 1 rings (SSSR count). The highest BCUT2D eigenvalue weighted by molar-refractivity contribution is 5.25. The summed E-state index contributed by atoms with van der Waals surface area (Å²) in [6, 6.07) is 4.94. The predicted molar refractivity (Wildman–Crippen MR) is 67.3 cm³/mol. The number of benzene rings is 1. The molecule has 0 aliphatic carbocycles. The highest BCUT2D eigenvalue weighted by Crippen LogP contribution is 2.29. The first-order chi connectivity index (χ1) is 8.88. The van der Waals surface area contributed by atoms with Crippen molar-refractivity contribution in [3.63, 3.8) is 0 Å². The van der Waals surface area contributed by atoms with Crippen molar-refractivity contribution in [3.8, 4) is 0 Å². The Hall–Kier alpha value is -1.11. The molecule has 0 bridgehead atoms. The summed E-state index contributed by atoms with van der Waals surface area (Å²) in [5, 5.41) is 0. The van der Waals surface area contributed by atoms with Crippen molar-refractivity contribution < 1.29 is 17.9 Å². The molecule has 1 aromatic rings. The van der Waals surface area contributed by atoms with Gasteiger partial charge in [-0.25, -0.2) is 0 Å². The Bertz CT molecular complexity index is 378. The Morgan fingerprint density at radius 1 is 1.26 bits per heavy atom. The number of ether oxygens (including phenoxy) is 1. The fourth-order valence-corrected chi connectivity index (χ4v) is 1.82. The van der Waals surface area contributed by atoms with Gasteiger partial charge in [-0.2, -0.15) is 13.2 Å². The van der Waals surface area contributed by atoms with Crippen molar-refractivity contribution in [1.29, 1.82) is 0 Å². The summed E-state index contributed by atoms with van der Waals surface area (Å²) in [7, 11) is 0. The molecule has 108 valence electrons. The van der Waals surface area contributed by atoms with Gasteiger partial charge < -0.3 is 4.74 Å². The van der Waals surface area contributed by atoms with E-state index < -0.39 is 11.7 Å². The average molecular weight is 276 g/mol. The standard InChI is InChI=1S/C13H19F3N2O/c1-3-19-9(2)12(18-17)8-10-4-6-11(7-5-10)13(14,15)16/h4-7,9,12,18H,3,8,17H2,1-2H3. The third-order valence-corrected chi connectivity index (χ3v) is 2.95. The number of hydrogen-bond donors (Lipinski definition) is 2. The van der Waals surface area contributed by atoms with E-state index >= 15 is 0 Å². The Morgan fingerprint density at radius 2 is 1.84 bits per heavy atom. The van der Waals surface area contributed by atoms with Crippen LogP contribution in [0.25, 0.3) is 0 Å². The minimum atomic E-state index is -4.30. The molecule has 1 aromatic carbocycles. The average Bonchev–Trinajstić information content (AvgIpc) is 2.35. The monoisotopic (exact) mass is 276 g/mol. The molecule has 2 atom stereocenters. The van der Waals surface area contributed by atoms with Crippen LogP contribution in [-0.4, -0.2) is 18.8 Å². The number of rotatable bonds is 6. The van der Waals surface area contributed by atoms with Crippen LogP contribution in [0.4, 0.5) is 13.2 Å². The van der Waals surface area contributed by atoms with Crippen molar-refractivity contribution >= 4 is 0 Å². The summed E-state index contributed by atoms with van der Waals surface area (Å²) >= 11 is 0. The van der Waals surface area contributed by atoms with Gasteiger partial charge in [0.2, 0.25) is 0 Å². The maximum atomic E-state index is 12.4. The second kappa shape index (κ2) is 6.88. The van der Waals surface area contributed by atoms with Crippen LogP contribution in [0.1, 0.15) is 25.0 Å². The van der Waals surface area contributed by atoms with Gasteiger partial charge in [0.25, 0.3) is 0 Å². The topological polar surface area (TPSA) is 47.3 Å². The number of hydrazine groups is 1. The molecule has 0 spiro atoms. The molecule has 0 aliphatic rings. The summed E-state index contributed by atoms with van der Waals surface area (Å²) < 4.78 is 42.7. The number of hydrogen-bond acceptors (Lipinski definition) is 3. The first kappa shape index (κ1) is 15.9. The molecule has 0 heterocycles. The van der Waals surface area contributed by atoms with Crippen LogP contribution >= 0.6 is 0 Å². The van der Waals surface area contributed by atoms with Gasteiger partial charge in [-0.3, -0.25) is 11.3 Å². The number of nitrogens with one attached hydrogen (secondary N) is 1. The van der Waals surface area contributed by atoms with Crippen molar-refractivity contribution in [2.75, 3.05) is 6.61 Å². The Labute approximate surface area is 110 Å². The van der Waals surface area contributed by atoms with E-state index in [-0.39, 0.29) is 12.1 Å². The molecule has 19 heavy (non-hydrogen) atoms. The van der Waals surface area contributed by atoms with E-state index in [1.54, 1.807) is 0 Å². The van der Waals surface area contributed by atoms with Crippen LogP contribution < -0.4 is 11.3 Å². The molecule has 0 saturated carbocycles. The largest absolute Gasteiger partial charge is 0.416 e. The minimum absolute atomic E-state index is 0.114. The number of nitrogens with two attached hydrogens (primary N) is 1. The summed E-state index contributed by atoms with van der Waals surface area (Å²) in [6.45, 7) is 4.31. The second-order valence-electron chi connectivity index (χ2n) is 4.33. The third kappa shape index (κ3) is 4.81. The second-order valence-corrected chi connectivity index (χ2v) is 4.33. The molecule has 0 amide bonds. The zero-order chi connectivity index (χ0) is 14.5. The molecule has 0 fully saturated rings. The highest BCUT2D eigenvalue weighted by Gasteiger charge is 2.30. The maximum absolute atomic E-state index is 12.4. The Morgan fingerprint density at radius 3 is 2.26 bits per heavy atom. The summed E-state index contributed by atoms with van der Waals surface area (Å²) in [5.41, 5.74) is 2.77. The summed E-state index contributed by atoms with van der Waals surface area (Å²) in [6.07, 6.45) is -3.91. The fourth-order valence-electron chi connectivity index (χ4n) is 1.82. The molecule has 0 saturated heterocycles. The molecule has 2 unspecified atom stereocenters. The van der Waals surface area contributed by atoms with Crippen LogP contribution in [-0.2, 0) is 17.3 Å². The molecule has 6 heteroatoms. The maximum Gasteiger partial charge on any atom is 0.416 e. The SMILES string of the molecule is CCOC(C)C(Cc1ccc(C(F)(F)F)cc1)NN. The molecular formula is C13H19F3N2O. The minimum Gasteiger partial charge on any atom is -0.377 e. The zero-order valence-corrected chi connectivity index (χ0v) is 11.0. The number of halogens is 3. The van der Waals surface area contributed by atoms with Crippen LogP contribution in [0.15, 0.2) is 24.3 Å². The van der Waals surface area contributed by atoms with E-state index in [2.05, 4.69) is 5.43 Å².